The maximum atomic E-state index is 11.7. The van der Waals surface area contributed by atoms with Gasteiger partial charge < -0.3 is 20.9 Å². The van der Waals surface area contributed by atoms with Crippen molar-refractivity contribution >= 4 is 50.2 Å². The molecular weight excluding hydrogens is 416 g/mol. The maximum absolute atomic E-state index is 11.7. The van der Waals surface area contributed by atoms with Crippen molar-refractivity contribution in [3.63, 3.8) is 0 Å². The topological polar surface area (TPSA) is 87.4 Å². The maximum Gasteiger partial charge on any atom is 0.248 e. The first-order chi connectivity index (χ1) is 14.3. The van der Waals surface area contributed by atoms with Gasteiger partial charge in [-0.15, -0.1) is 22.7 Å². The summed E-state index contributed by atoms with van der Waals surface area (Å²) in [7, 11) is 0. The number of hydrogen-bond acceptors (Lipinski definition) is 8. The number of benzene rings is 1. The molecule has 1 aromatic carbocycles. The standard InChI is InChI=1S/C21H26N6OS2/c1-12-14(3)29-20(23-12)25-17-11-16(19(22)28)5-6-18(17)26-7-9-27(10-8-26)21-24-13(2)15(4)30-21/h5-6,11H,7-10H2,1-4H3,(H2,22,28)(H,23,25). The number of hydrogen-bond donors (Lipinski definition) is 2. The van der Waals surface area contributed by atoms with Gasteiger partial charge in [-0.2, -0.15) is 0 Å². The fraction of sp³-hybridized carbons (Fsp3) is 0.381. The highest BCUT2D eigenvalue weighted by atomic mass is 32.1. The van der Waals surface area contributed by atoms with Gasteiger partial charge in [-0.05, 0) is 45.9 Å². The predicted molar refractivity (Wildman–Crippen MR) is 126 cm³/mol. The van der Waals surface area contributed by atoms with E-state index >= 15 is 0 Å². The van der Waals surface area contributed by atoms with Crippen LogP contribution in [-0.4, -0.2) is 42.1 Å². The molecule has 0 spiro atoms. The molecule has 3 aromatic rings. The van der Waals surface area contributed by atoms with Crippen molar-refractivity contribution < 1.29 is 4.79 Å². The van der Waals surface area contributed by atoms with Gasteiger partial charge in [-0.25, -0.2) is 9.97 Å². The van der Waals surface area contributed by atoms with E-state index in [0.717, 1.165) is 59.2 Å². The van der Waals surface area contributed by atoms with Gasteiger partial charge in [0.05, 0.1) is 22.8 Å². The summed E-state index contributed by atoms with van der Waals surface area (Å²) in [5.41, 5.74) is 10.0. The van der Waals surface area contributed by atoms with Gasteiger partial charge in [-0.1, -0.05) is 0 Å². The van der Waals surface area contributed by atoms with E-state index in [1.807, 2.05) is 19.1 Å². The van der Waals surface area contributed by atoms with E-state index in [1.54, 1.807) is 28.7 Å². The minimum Gasteiger partial charge on any atom is -0.366 e. The Balaban J connectivity index is 1.56. The number of primary amides is 1. The zero-order valence-corrected chi connectivity index (χ0v) is 19.3. The van der Waals surface area contributed by atoms with Crippen molar-refractivity contribution in [3.05, 3.63) is 44.9 Å². The number of piperazine rings is 1. The fourth-order valence-electron chi connectivity index (χ4n) is 3.44. The van der Waals surface area contributed by atoms with Gasteiger partial charge >= 0.3 is 0 Å². The number of aromatic nitrogens is 2. The third kappa shape index (κ3) is 4.13. The first-order valence-electron chi connectivity index (χ1n) is 9.90. The van der Waals surface area contributed by atoms with Crippen LogP contribution in [0.25, 0.3) is 0 Å². The Labute approximate surface area is 184 Å². The normalized spacial score (nSPS) is 14.3. The summed E-state index contributed by atoms with van der Waals surface area (Å²) in [6, 6.07) is 5.59. The van der Waals surface area contributed by atoms with E-state index < -0.39 is 5.91 Å². The van der Waals surface area contributed by atoms with Crippen molar-refractivity contribution in [2.45, 2.75) is 27.7 Å². The molecule has 30 heavy (non-hydrogen) atoms. The molecule has 7 nitrogen and oxygen atoms in total. The van der Waals surface area contributed by atoms with Crippen LogP contribution in [-0.2, 0) is 0 Å². The second-order valence-electron chi connectivity index (χ2n) is 7.49. The lowest BCUT2D eigenvalue weighted by Crippen LogP contribution is -2.46. The molecule has 1 amide bonds. The van der Waals surface area contributed by atoms with E-state index in [0.29, 0.717) is 5.56 Å². The first kappa shape index (κ1) is 20.6. The van der Waals surface area contributed by atoms with Crippen LogP contribution in [0.1, 0.15) is 31.5 Å². The van der Waals surface area contributed by atoms with E-state index in [9.17, 15) is 4.79 Å². The lowest BCUT2D eigenvalue weighted by Gasteiger charge is -2.37. The SMILES string of the molecule is Cc1nc(Nc2cc(C(N)=O)ccc2N2CCN(c3nc(C)c(C)s3)CC2)sc1C. The molecule has 9 heteroatoms. The van der Waals surface area contributed by atoms with Crippen LogP contribution in [0.5, 0.6) is 0 Å². The molecule has 0 atom stereocenters. The Bertz CT molecular complexity index is 1040. The second-order valence-corrected chi connectivity index (χ2v) is 9.88. The van der Waals surface area contributed by atoms with E-state index in [2.05, 4.69) is 40.9 Å². The highest BCUT2D eigenvalue weighted by Crippen LogP contribution is 2.34. The summed E-state index contributed by atoms with van der Waals surface area (Å²) in [4.78, 5) is 28.2. The molecule has 3 heterocycles. The van der Waals surface area contributed by atoms with Gasteiger partial charge in [0.1, 0.15) is 0 Å². The molecule has 158 valence electrons. The molecule has 1 saturated heterocycles. The van der Waals surface area contributed by atoms with Crippen molar-refractivity contribution in [1.82, 2.24) is 9.97 Å². The molecule has 1 fully saturated rings. The average Bonchev–Trinajstić information content (AvgIpc) is 3.22. The smallest absolute Gasteiger partial charge is 0.248 e. The van der Waals surface area contributed by atoms with E-state index in [1.165, 1.54) is 9.75 Å². The number of amides is 1. The van der Waals surface area contributed by atoms with Crippen LogP contribution in [0.2, 0.25) is 0 Å². The van der Waals surface area contributed by atoms with E-state index in [4.69, 9.17) is 10.7 Å². The highest BCUT2D eigenvalue weighted by Gasteiger charge is 2.23. The molecule has 0 saturated carbocycles. The summed E-state index contributed by atoms with van der Waals surface area (Å²) < 4.78 is 0. The monoisotopic (exact) mass is 442 g/mol. The number of nitrogens with two attached hydrogens (primary N) is 1. The van der Waals surface area contributed by atoms with Crippen LogP contribution in [0.15, 0.2) is 18.2 Å². The molecule has 2 aromatic heterocycles. The molecule has 1 aliphatic rings. The molecule has 4 rings (SSSR count). The number of anilines is 4. The number of carbonyl (C=O) groups is 1. The van der Waals surface area contributed by atoms with Crippen LogP contribution in [0, 0.1) is 27.7 Å². The number of aryl methyl sites for hydroxylation is 4. The molecule has 0 bridgehead atoms. The van der Waals surface area contributed by atoms with Crippen LogP contribution < -0.4 is 20.9 Å². The van der Waals surface area contributed by atoms with Crippen molar-refractivity contribution in [2.24, 2.45) is 5.73 Å². The van der Waals surface area contributed by atoms with E-state index in [-0.39, 0.29) is 0 Å². The summed E-state index contributed by atoms with van der Waals surface area (Å²) in [6.45, 7) is 11.8. The molecule has 0 unspecified atom stereocenters. The fourth-order valence-corrected chi connectivity index (χ4v) is 5.22. The third-order valence-electron chi connectivity index (χ3n) is 5.46. The van der Waals surface area contributed by atoms with Crippen LogP contribution in [0.4, 0.5) is 21.6 Å². The number of nitrogens with zero attached hydrogens (tertiary/aromatic N) is 4. The Morgan fingerprint density at radius 2 is 1.60 bits per heavy atom. The highest BCUT2D eigenvalue weighted by molar-refractivity contribution is 7.16. The predicted octanol–water partition coefficient (Wildman–Crippen LogP) is 4.00. The van der Waals surface area contributed by atoms with Gasteiger partial charge in [0.15, 0.2) is 10.3 Å². The Hall–Kier alpha value is -2.65. The Kier molecular flexibility index (Phi) is 5.66. The molecule has 0 radical (unpaired) electrons. The average molecular weight is 443 g/mol. The largest absolute Gasteiger partial charge is 0.366 e. The second kappa shape index (κ2) is 8.23. The molecule has 3 N–H and O–H groups in total. The summed E-state index contributed by atoms with van der Waals surface area (Å²) in [5, 5.41) is 5.33. The quantitative estimate of drug-likeness (QED) is 0.621. The minimum atomic E-state index is -0.435. The lowest BCUT2D eigenvalue weighted by molar-refractivity contribution is 0.100. The van der Waals surface area contributed by atoms with Crippen LogP contribution >= 0.6 is 22.7 Å². The summed E-state index contributed by atoms with van der Waals surface area (Å²) >= 11 is 3.37. The zero-order chi connectivity index (χ0) is 21.4. The van der Waals surface area contributed by atoms with Crippen molar-refractivity contribution in [3.8, 4) is 0 Å². The van der Waals surface area contributed by atoms with Crippen LogP contribution in [0.3, 0.4) is 0 Å². The number of carbonyl (C=O) groups excluding carboxylic acids is 1. The summed E-state index contributed by atoms with van der Waals surface area (Å²) in [5.74, 6) is -0.435. The number of rotatable bonds is 5. The number of nitrogens with one attached hydrogen (secondary N) is 1. The van der Waals surface area contributed by atoms with Crippen molar-refractivity contribution in [2.75, 3.05) is 41.3 Å². The van der Waals surface area contributed by atoms with Crippen molar-refractivity contribution in [1.29, 1.82) is 0 Å². The zero-order valence-electron chi connectivity index (χ0n) is 17.7. The molecule has 1 aliphatic heterocycles. The van der Waals surface area contributed by atoms with Gasteiger partial charge in [-0.3, -0.25) is 4.79 Å². The van der Waals surface area contributed by atoms with Gasteiger partial charge in [0.2, 0.25) is 5.91 Å². The minimum absolute atomic E-state index is 0.435. The molecule has 0 aliphatic carbocycles. The molecular formula is C21H26N6OS2. The van der Waals surface area contributed by atoms with Gasteiger partial charge in [0, 0.05) is 41.5 Å². The Morgan fingerprint density at radius 3 is 2.17 bits per heavy atom. The van der Waals surface area contributed by atoms with Gasteiger partial charge in [0.25, 0.3) is 0 Å². The lowest BCUT2D eigenvalue weighted by atomic mass is 10.1. The number of thiazole rings is 2. The third-order valence-corrected chi connectivity index (χ3v) is 7.58. The first-order valence-corrected chi connectivity index (χ1v) is 11.5. The summed E-state index contributed by atoms with van der Waals surface area (Å²) in [6.07, 6.45) is 0. The Morgan fingerprint density at radius 1 is 0.967 bits per heavy atom.